The minimum Gasteiger partial charge on any atom is -0.336 e. The molecule has 2 fully saturated rings. The van der Waals surface area contributed by atoms with Crippen LogP contribution in [0.4, 0.5) is 4.39 Å². The zero-order valence-electron chi connectivity index (χ0n) is 13.0. The van der Waals surface area contributed by atoms with Crippen LogP contribution in [-0.4, -0.2) is 45.1 Å². The number of likely N-dealkylation sites (tertiary alicyclic amines) is 1. The zero-order chi connectivity index (χ0) is 17.1. The molecule has 1 atom stereocenters. The number of halogens is 1. The van der Waals surface area contributed by atoms with E-state index in [0.717, 1.165) is 5.56 Å². The lowest BCUT2D eigenvalue weighted by Crippen LogP contribution is -2.37. The van der Waals surface area contributed by atoms with Crippen LogP contribution < -0.4 is 5.32 Å². The van der Waals surface area contributed by atoms with E-state index in [-0.39, 0.29) is 30.5 Å². The molecule has 0 saturated carbocycles. The number of amides is 3. The highest BCUT2D eigenvalue weighted by atomic mass is 19.1. The molecule has 0 aliphatic carbocycles. The lowest BCUT2D eigenvalue weighted by Gasteiger charge is -2.19. The predicted molar refractivity (Wildman–Crippen MR) is 80.6 cm³/mol. The quantitative estimate of drug-likeness (QED) is 0.779. The van der Waals surface area contributed by atoms with Crippen molar-refractivity contribution < 1.29 is 18.8 Å². The molecule has 0 bridgehead atoms. The molecule has 4 rings (SSSR count). The molecule has 24 heavy (non-hydrogen) atoms. The van der Waals surface area contributed by atoms with Crippen LogP contribution in [0, 0.1) is 18.3 Å². The number of aryl methyl sites for hydroxylation is 1. The first-order chi connectivity index (χ1) is 11.4. The fraction of sp³-hybridized carbons (Fsp3) is 0.375. The number of pyridine rings is 1. The van der Waals surface area contributed by atoms with Crippen LogP contribution in [0.5, 0.6) is 0 Å². The van der Waals surface area contributed by atoms with E-state index < -0.39 is 17.3 Å². The third kappa shape index (κ3) is 2.02. The first-order valence-electron chi connectivity index (χ1n) is 7.67. The number of carbonyl (C=O) groups is 3. The summed E-state index contributed by atoms with van der Waals surface area (Å²) in [4.78, 5) is 41.6. The third-order valence-corrected chi connectivity index (χ3v) is 4.79. The van der Waals surface area contributed by atoms with Gasteiger partial charge in [-0.05, 0) is 25.0 Å². The lowest BCUT2D eigenvalue weighted by atomic mass is 9.85. The van der Waals surface area contributed by atoms with E-state index in [1.54, 1.807) is 18.3 Å². The molecule has 2 saturated heterocycles. The first-order valence-corrected chi connectivity index (χ1v) is 7.67. The number of rotatable bonds is 1. The summed E-state index contributed by atoms with van der Waals surface area (Å²) in [7, 11) is 0. The molecule has 4 heterocycles. The largest absolute Gasteiger partial charge is 0.336 e. The van der Waals surface area contributed by atoms with Crippen molar-refractivity contribution in [3.05, 3.63) is 35.5 Å². The number of nitrogens with one attached hydrogen (secondary N) is 1. The van der Waals surface area contributed by atoms with Gasteiger partial charge in [0, 0.05) is 25.7 Å². The highest BCUT2D eigenvalue weighted by Gasteiger charge is 2.52. The van der Waals surface area contributed by atoms with Crippen molar-refractivity contribution in [3.8, 4) is 0 Å². The summed E-state index contributed by atoms with van der Waals surface area (Å²) < 4.78 is 15.8. The van der Waals surface area contributed by atoms with Gasteiger partial charge in [-0.3, -0.25) is 24.1 Å². The molecule has 2 aromatic heterocycles. The van der Waals surface area contributed by atoms with Crippen molar-refractivity contribution in [1.82, 2.24) is 19.6 Å². The molecule has 2 aliphatic heterocycles. The van der Waals surface area contributed by atoms with Crippen LogP contribution in [0.25, 0.3) is 5.65 Å². The monoisotopic (exact) mass is 330 g/mol. The van der Waals surface area contributed by atoms with E-state index in [9.17, 15) is 18.8 Å². The second-order valence-electron chi connectivity index (χ2n) is 6.50. The van der Waals surface area contributed by atoms with Gasteiger partial charge >= 0.3 is 0 Å². The van der Waals surface area contributed by atoms with E-state index in [4.69, 9.17) is 0 Å². The van der Waals surface area contributed by atoms with Gasteiger partial charge < -0.3 is 4.90 Å². The molecule has 3 amide bonds. The van der Waals surface area contributed by atoms with Crippen LogP contribution >= 0.6 is 0 Å². The second-order valence-corrected chi connectivity index (χ2v) is 6.50. The van der Waals surface area contributed by atoms with Crippen molar-refractivity contribution in [2.24, 2.45) is 5.41 Å². The van der Waals surface area contributed by atoms with Crippen LogP contribution in [0.2, 0.25) is 0 Å². The summed E-state index contributed by atoms with van der Waals surface area (Å²) in [6, 6.07) is 3.43. The molecule has 1 spiro atoms. The number of hydrogen-bond donors (Lipinski definition) is 1. The highest BCUT2D eigenvalue weighted by Crippen LogP contribution is 2.38. The molecule has 7 nitrogen and oxygen atoms in total. The van der Waals surface area contributed by atoms with Crippen LogP contribution in [0.15, 0.2) is 18.3 Å². The van der Waals surface area contributed by atoms with Gasteiger partial charge in [-0.2, -0.15) is 4.39 Å². The minimum absolute atomic E-state index is 0.0719. The predicted octanol–water partition coefficient (Wildman–Crippen LogP) is 0.661. The summed E-state index contributed by atoms with van der Waals surface area (Å²) in [6.07, 6.45) is 2.04. The molecule has 0 radical (unpaired) electrons. The number of imidazole rings is 1. The maximum absolute atomic E-state index is 14.5. The van der Waals surface area contributed by atoms with Gasteiger partial charge in [0.1, 0.15) is 5.65 Å². The second kappa shape index (κ2) is 4.86. The maximum Gasteiger partial charge on any atom is 0.277 e. The number of imide groups is 1. The Morgan fingerprint density at radius 2 is 2.17 bits per heavy atom. The fourth-order valence-corrected chi connectivity index (χ4v) is 3.47. The van der Waals surface area contributed by atoms with E-state index in [1.165, 1.54) is 9.30 Å². The Morgan fingerprint density at radius 1 is 1.38 bits per heavy atom. The van der Waals surface area contributed by atoms with Crippen molar-refractivity contribution in [3.63, 3.8) is 0 Å². The van der Waals surface area contributed by atoms with Gasteiger partial charge in [-0.25, -0.2) is 4.98 Å². The van der Waals surface area contributed by atoms with Gasteiger partial charge in [0.2, 0.25) is 17.8 Å². The minimum atomic E-state index is -0.876. The third-order valence-electron chi connectivity index (χ3n) is 4.79. The Bertz CT molecular complexity index is 906. The number of hydrogen-bond acceptors (Lipinski definition) is 4. The van der Waals surface area contributed by atoms with E-state index in [0.29, 0.717) is 18.6 Å². The molecule has 0 aromatic carbocycles. The van der Waals surface area contributed by atoms with E-state index in [1.807, 2.05) is 6.92 Å². The summed E-state index contributed by atoms with van der Waals surface area (Å²) in [5.74, 6) is -1.96. The Hall–Kier alpha value is -2.77. The van der Waals surface area contributed by atoms with Crippen molar-refractivity contribution >= 4 is 23.4 Å². The van der Waals surface area contributed by atoms with Crippen LogP contribution in [0.3, 0.4) is 0 Å². The number of fused-ring (bicyclic) bond motifs is 1. The molecule has 124 valence electrons. The Balaban J connectivity index is 1.64. The van der Waals surface area contributed by atoms with Gasteiger partial charge in [-0.15, -0.1) is 0 Å². The van der Waals surface area contributed by atoms with Gasteiger partial charge in [0.05, 0.1) is 5.41 Å². The SMILES string of the molecule is Cc1ccc2nc(C(=O)N3CC[C@@]4(CC(=O)NC4=O)C3)c(F)n2c1. The Labute approximate surface area is 136 Å². The summed E-state index contributed by atoms with van der Waals surface area (Å²) in [6.45, 7) is 2.22. The fourth-order valence-electron chi connectivity index (χ4n) is 3.47. The molecular weight excluding hydrogens is 315 g/mol. The standard InChI is InChI=1S/C16H15FN4O3/c1-9-2-3-10-18-12(13(17)21(10)7-9)14(23)20-5-4-16(8-20)6-11(22)19-15(16)24/h2-3,7H,4-6,8H2,1H3,(H,19,22,24)/t16-/m1/s1. The summed E-state index contributed by atoms with van der Waals surface area (Å²) >= 11 is 0. The topological polar surface area (TPSA) is 83.8 Å². The van der Waals surface area contributed by atoms with Crippen molar-refractivity contribution in [2.75, 3.05) is 13.1 Å². The maximum atomic E-state index is 14.5. The molecule has 2 aliphatic rings. The van der Waals surface area contributed by atoms with Gasteiger partial charge in [0.25, 0.3) is 5.91 Å². The average Bonchev–Trinajstić information content (AvgIpc) is 3.18. The molecular formula is C16H15FN4O3. The smallest absolute Gasteiger partial charge is 0.277 e. The lowest BCUT2D eigenvalue weighted by molar-refractivity contribution is -0.128. The highest BCUT2D eigenvalue weighted by molar-refractivity contribution is 6.06. The van der Waals surface area contributed by atoms with Crippen LogP contribution in [-0.2, 0) is 9.59 Å². The normalized spacial score (nSPS) is 23.5. The number of carbonyl (C=O) groups excluding carboxylic acids is 3. The first kappa shape index (κ1) is 14.8. The van der Waals surface area contributed by atoms with E-state index >= 15 is 0 Å². The average molecular weight is 330 g/mol. The Kier molecular flexibility index (Phi) is 3.00. The van der Waals surface area contributed by atoms with Crippen LogP contribution in [0.1, 0.15) is 28.9 Å². The zero-order valence-corrected chi connectivity index (χ0v) is 13.0. The van der Waals surface area contributed by atoms with E-state index in [2.05, 4.69) is 10.3 Å². The van der Waals surface area contributed by atoms with Gasteiger partial charge in [0.15, 0.2) is 5.69 Å². The molecule has 8 heteroatoms. The number of aromatic nitrogens is 2. The number of nitrogens with zero attached hydrogens (tertiary/aromatic N) is 3. The summed E-state index contributed by atoms with van der Waals surface area (Å²) in [5.41, 5.74) is 0.0597. The molecule has 0 unspecified atom stereocenters. The van der Waals surface area contributed by atoms with Gasteiger partial charge in [-0.1, -0.05) is 6.07 Å². The molecule has 2 aromatic rings. The van der Waals surface area contributed by atoms with Crippen molar-refractivity contribution in [2.45, 2.75) is 19.8 Å². The summed E-state index contributed by atoms with van der Waals surface area (Å²) in [5, 5.41) is 2.28. The molecule has 1 N–H and O–H groups in total. The van der Waals surface area contributed by atoms with Crippen molar-refractivity contribution in [1.29, 1.82) is 0 Å². The Morgan fingerprint density at radius 3 is 2.88 bits per heavy atom.